The van der Waals surface area contributed by atoms with Crippen molar-refractivity contribution in [1.29, 1.82) is 0 Å². The first-order valence-corrected chi connectivity index (χ1v) is 8.95. The fourth-order valence-corrected chi connectivity index (χ4v) is 4.87. The van der Waals surface area contributed by atoms with Gasteiger partial charge in [0.25, 0.3) is 5.91 Å². The van der Waals surface area contributed by atoms with E-state index in [9.17, 15) is 9.90 Å². The van der Waals surface area contributed by atoms with Crippen LogP contribution in [0.4, 0.5) is 0 Å². The fourth-order valence-electron chi connectivity index (χ4n) is 3.96. The van der Waals surface area contributed by atoms with Crippen LogP contribution in [-0.2, 0) is 4.74 Å². The number of nitrogens with zero attached hydrogens (tertiary/aromatic N) is 1. The van der Waals surface area contributed by atoms with Crippen molar-refractivity contribution in [2.24, 2.45) is 5.41 Å². The molecule has 1 amide bonds. The van der Waals surface area contributed by atoms with E-state index in [1.54, 1.807) is 11.3 Å². The Balaban J connectivity index is 1.67. The van der Waals surface area contributed by atoms with Gasteiger partial charge in [0, 0.05) is 41.3 Å². The molecule has 1 N–H and O–H groups in total. The number of aryl methyl sites for hydroxylation is 2. The van der Waals surface area contributed by atoms with E-state index < -0.39 is 0 Å². The Morgan fingerprint density at radius 1 is 1.45 bits per heavy atom. The zero-order valence-electron chi connectivity index (χ0n) is 13.6. The first kappa shape index (κ1) is 16.0. The summed E-state index contributed by atoms with van der Waals surface area (Å²) in [6, 6.07) is 1.99. The third-order valence-corrected chi connectivity index (χ3v) is 6.33. The van der Waals surface area contributed by atoms with Gasteiger partial charge in [0.2, 0.25) is 0 Å². The van der Waals surface area contributed by atoms with E-state index in [1.165, 1.54) is 4.88 Å². The lowest BCUT2D eigenvalue weighted by Crippen LogP contribution is -2.62. The molecule has 1 saturated carbocycles. The van der Waals surface area contributed by atoms with Crippen LogP contribution in [0.25, 0.3) is 0 Å². The van der Waals surface area contributed by atoms with Gasteiger partial charge in [-0.1, -0.05) is 0 Å². The monoisotopic (exact) mass is 323 g/mol. The number of carbonyl (C=O) groups excluding carboxylic acids is 1. The predicted molar refractivity (Wildman–Crippen MR) is 87.4 cm³/mol. The van der Waals surface area contributed by atoms with E-state index in [1.807, 2.05) is 31.7 Å². The summed E-state index contributed by atoms with van der Waals surface area (Å²) in [5.41, 5.74) is 0.723. The number of piperidine rings is 1. The second-order valence-electron chi connectivity index (χ2n) is 6.55. The van der Waals surface area contributed by atoms with Crippen LogP contribution in [0.1, 0.15) is 46.3 Å². The minimum atomic E-state index is -0.272. The molecule has 2 fully saturated rings. The van der Waals surface area contributed by atoms with Gasteiger partial charge in [0.15, 0.2) is 0 Å². The van der Waals surface area contributed by atoms with Gasteiger partial charge in [-0.3, -0.25) is 4.79 Å². The highest BCUT2D eigenvalue weighted by Gasteiger charge is 2.56. The highest BCUT2D eigenvalue weighted by molar-refractivity contribution is 7.12. The number of aliphatic hydroxyl groups excluding tert-OH is 1. The molecule has 5 heteroatoms. The van der Waals surface area contributed by atoms with Crippen LogP contribution in [0.3, 0.4) is 0 Å². The summed E-state index contributed by atoms with van der Waals surface area (Å²) in [6.07, 6.45) is 2.31. The molecular weight excluding hydrogens is 298 g/mol. The van der Waals surface area contributed by atoms with Gasteiger partial charge < -0.3 is 14.7 Å². The summed E-state index contributed by atoms with van der Waals surface area (Å²) in [7, 11) is 0. The van der Waals surface area contributed by atoms with Crippen LogP contribution in [0.5, 0.6) is 0 Å². The van der Waals surface area contributed by atoms with E-state index in [4.69, 9.17) is 4.74 Å². The van der Waals surface area contributed by atoms with E-state index in [0.29, 0.717) is 19.7 Å². The smallest absolute Gasteiger partial charge is 0.254 e. The predicted octanol–water partition coefficient (Wildman–Crippen LogP) is 2.76. The molecule has 1 aromatic rings. The van der Waals surface area contributed by atoms with E-state index >= 15 is 0 Å². The van der Waals surface area contributed by atoms with Crippen LogP contribution in [0.2, 0.25) is 0 Å². The Kier molecular flexibility index (Phi) is 4.32. The van der Waals surface area contributed by atoms with Crippen molar-refractivity contribution >= 4 is 17.2 Å². The highest BCUT2D eigenvalue weighted by atomic mass is 32.1. The van der Waals surface area contributed by atoms with Gasteiger partial charge in [-0.2, -0.15) is 0 Å². The number of thiophene rings is 1. The Hall–Kier alpha value is -0.910. The number of carbonyl (C=O) groups is 1. The number of aliphatic hydroxyl groups is 1. The molecule has 22 heavy (non-hydrogen) atoms. The molecule has 0 bridgehead atoms. The van der Waals surface area contributed by atoms with Crippen LogP contribution >= 0.6 is 11.3 Å². The van der Waals surface area contributed by atoms with Crippen molar-refractivity contribution < 1.29 is 14.6 Å². The number of hydrogen-bond acceptors (Lipinski definition) is 4. The lowest BCUT2D eigenvalue weighted by Gasteiger charge is -2.56. The molecule has 1 spiro atoms. The maximum Gasteiger partial charge on any atom is 0.254 e. The lowest BCUT2D eigenvalue weighted by atomic mass is 9.58. The van der Waals surface area contributed by atoms with E-state index in [0.717, 1.165) is 29.7 Å². The molecule has 1 aromatic heterocycles. The van der Waals surface area contributed by atoms with Crippen LogP contribution < -0.4 is 0 Å². The molecule has 1 saturated heterocycles. The summed E-state index contributed by atoms with van der Waals surface area (Å²) in [6.45, 7) is 8.17. The van der Waals surface area contributed by atoms with Crippen molar-refractivity contribution in [3.05, 3.63) is 21.4 Å². The van der Waals surface area contributed by atoms with Gasteiger partial charge in [-0.25, -0.2) is 0 Å². The first-order valence-electron chi connectivity index (χ1n) is 8.14. The molecule has 3 rings (SSSR count). The summed E-state index contributed by atoms with van der Waals surface area (Å²) in [5.74, 6) is 0.137. The SMILES string of the molecule is CCO[C@@H]1C[C@H](O)C12CCN(C(=O)c1cc(C)sc1C)CC2. The molecule has 0 radical (unpaired) electrons. The summed E-state index contributed by atoms with van der Waals surface area (Å²) < 4.78 is 5.78. The topological polar surface area (TPSA) is 49.8 Å². The van der Waals surface area contributed by atoms with Crippen LogP contribution in [-0.4, -0.2) is 47.8 Å². The van der Waals surface area contributed by atoms with E-state index in [2.05, 4.69) is 0 Å². The second kappa shape index (κ2) is 5.95. The quantitative estimate of drug-likeness (QED) is 0.930. The number of hydrogen-bond donors (Lipinski definition) is 1. The summed E-state index contributed by atoms with van der Waals surface area (Å²) in [5, 5.41) is 10.2. The van der Waals surface area contributed by atoms with Crippen LogP contribution in [0, 0.1) is 19.3 Å². The van der Waals surface area contributed by atoms with Gasteiger partial charge >= 0.3 is 0 Å². The molecule has 2 heterocycles. The van der Waals surface area contributed by atoms with Gasteiger partial charge in [-0.05, 0) is 39.7 Å². The molecule has 0 unspecified atom stereocenters. The number of amides is 1. The average Bonchev–Trinajstić information content (AvgIpc) is 2.85. The zero-order valence-corrected chi connectivity index (χ0v) is 14.4. The molecular formula is C17H25NO3S. The molecule has 122 valence electrons. The molecule has 1 aliphatic carbocycles. The van der Waals surface area contributed by atoms with E-state index in [-0.39, 0.29) is 23.5 Å². The van der Waals surface area contributed by atoms with Gasteiger partial charge in [0.1, 0.15) is 0 Å². The lowest BCUT2D eigenvalue weighted by molar-refractivity contribution is -0.207. The minimum Gasteiger partial charge on any atom is -0.392 e. The Morgan fingerprint density at radius 2 is 2.14 bits per heavy atom. The number of likely N-dealkylation sites (tertiary alicyclic amines) is 1. The maximum absolute atomic E-state index is 12.7. The van der Waals surface area contributed by atoms with Crippen LogP contribution in [0.15, 0.2) is 6.07 Å². The maximum atomic E-state index is 12.7. The zero-order chi connectivity index (χ0) is 15.9. The van der Waals surface area contributed by atoms with Crippen molar-refractivity contribution in [3.8, 4) is 0 Å². The highest BCUT2D eigenvalue weighted by Crippen LogP contribution is 2.51. The van der Waals surface area contributed by atoms with Crippen molar-refractivity contribution in [2.75, 3.05) is 19.7 Å². The van der Waals surface area contributed by atoms with Crippen molar-refractivity contribution in [1.82, 2.24) is 4.90 Å². The Morgan fingerprint density at radius 3 is 2.64 bits per heavy atom. The Labute approximate surface area is 136 Å². The summed E-state index contributed by atoms with van der Waals surface area (Å²) in [4.78, 5) is 16.9. The molecule has 4 nitrogen and oxygen atoms in total. The van der Waals surface area contributed by atoms with Crippen molar-refractivity contribution in [3.63, 3.8) is 0 Å². The minimum absolute atomic E-state index is 0.119. The molecule has 2 atom stereocenters. The Bertz CT molecular complexity index is 558. The number of ether oxygens (including phenoxy) is 1. The first-order chi connectivity index (χ1) is 10.5. The third-order valence-electron chi connectivity index (χ3n) is 5.36. The summed E-state index contributed by atoms with van der Waals surface area (Å²) >= 11 is 1.68. The molecule has 2 aliphatic rings. The van der Waals surface area contributed by atoms with Gasteiger partial charge in [-0.15, -0.1) is 11.3 Å². The normalized spacial score (nSPS) is 27.0. The van der Waals surface area contributed by atoms with Gasteiger partial charge in [0.05, 0.1) is 17.8 Å². The average molecular weight is 323 g/mol. The third kappa shape index (κ3) is 2.49. The molecule has 1 aliphatic heterocycles. The fraction of sp³-hybridized carbons (Fsp3) is 0.706. The molecule has 0 aromatic carbocycles. The standard InChI is InChI=1S/C17H25NO3S/c1-4-21-15-10-14(19)17(15)5-7-18(8-6-17)16(20)13-9-11(2)22-12(13)3/h9,14-15,19H,4-8,10H2,1-3H3/t14-,15+/m0/s1. The second-order valence-corrected chi connectivity index (χ2v) is 8.01. The largest absolute Gasteiger partial charge is 0.392 e. The number of rotatable bonds is 3. The van der Waals surface area contributed by atoms with Crippen molar-refractivity contribution in [2.45, 2.75) is 52.2 Å².